The predicted octanol–water partition coefficient (Wildman–Crippen LogP) is -0.321. The summed E-state index contributed by atoms with van der Waals surface area (Å²) >= 11 is 0. The Balaban J connectivity index is 2.21. The molecular formula is C12H25N3O2. The van der Waals surface area contributed by atoms with Crippen LogP contribution >= 0.6 is 0 Å². The van der Waals surface area contributed by atoms with Gasteiger partial charge in [0.05, 0.1) is 13.2 Å². The third kappa shape index (κ3) is 5.02. The summed E-state index contributed by atoms with van der Waals surface area (Å²) in [5.74, 6) is 0.692. The van der Waals surface area contributed by atoms with Crippen LogP contribution in [0.1, 0.15) is 13.3 Å². The summed E-state index contributed by atoms with van der Waals surface area (Å²) in [5.41, 5.74) is 0. The second kappa shape index (κ2) is 7.63. The highest BCUT2D eigenvalue weighted by Crippen LogP contribution is 2.15. The Labute approximate surface area is 104 Å². The molecule has 1 fully saturated rings. The second-order valence-electron chi connectivity index (χ2n) is 4.74. The summed E-state index contributed by atoms with van der Waals surface area (Å²) < 4.78 is 4.89. The number of rotatable bonds is 6. The fourth-order valence-corrected chi connectivity index (χ4v) is 2.36. The lowest BCUT2D eigenvalue weighted by atomic mass is 9.94. The van der Waals surface area contributed by atoms with Crippen molar-refractivity contribution < 1.29 is 9.53 Å². The molecule has 1 aliphatic heterocycles. The average molecular weight is 243 g/mol. The highest BCUT2D eigenvalue weighted by Gasteiger charge is 2.25. The topological polar surface area (TPSA) is 53.6 Å². The Morgan fingerprint density at radius 2 is 2.29 bits per heavy atom. The van der Waals surface area contributed by atoms with Gasteiger partial charge in [0.15, 0.2) is 0 Å². The molecule has 0 aromatic heterocycles. The number of nitrogens with zero attached hydrogens (tertiary/aromatic N) is 1. The molecule has 100 valence electrons. The highest BCUT2D eigenvalue weighted by atomic mass is 16.5. The van der Waals surface area contributed by atoms with Gasteiger partial charge < -0.3 is 15.4 Å². The van der Waals surface area contributed by atoms with E-state index in [0.717, 1.165) is 19.5 Å². The third-order valence-corrected chi connectivity index (χ3v) is 3.36. The predicted molar refractivity (Wildman–Crippen MR) is 68.0 cm³/mol. The molecule has 0 aromatic carbocycles. The Morgan fingerprint density at radius 1 is 1.53 bits per heavy atom. The van der Waals surface area contributed by atoms with Gasteiger partial charge in [0.1, 0.15) is 0 Å². The summed E-state index contributed by atoms with van der Waals surface area (Å²) in [6.07, 6.45) is 1.11. The van der Waals surface area contributed by atoms with Crippen molar-refractivity contribution in [2.75, 3.05) is 46.9 Å². The normalized spacial score (nSPS) is 25.8. The first kappa shape index (κ1) is 14.4. The second-order valence-corrected chi connectivity index (χ2v) is 4.74. The fraction of sp³-hybridized carbons (Fsp3) is 0.917. The molecule has 1 amide bonds. The Bertz CT molecular complexity index is 236. The fourth-order valence-electron chi connectivity index (χ4n) is 2.36. The summed E-state index contributed by atoms with van der Waals surface area (Å²) in [5, 5.41) is 6.18. The Hall–Kier alpha value is -0.650. The first-order valence-corrected chi connectivity index (χ1v) is 6.32. The van der Waals surface area contributed by atoms with Crippen molar-refractivity contribution in [2.24, 2.45) is 5.92 Å². The van der Waals surface area contributed by atoms with Crippen molar-refractivity contribution in [3.05, 3.63) is 0 Å². The number of nitrogens with one attached hydrogen (secondary N) is 2. The minimum Gasteiger partial charge on any atom is -0.383 e. The van der Waals surface area contributed by atoms with Gasteiger partial charge in [-0.3, -0.25) is 9.69 Å². The zero-order chi connectivity index (χ0) is 12.7. The summed E-state index contributed by atoms with van der Waals surface area (Å²) in [7, 11) is 3.64. The van der Waals surface area contributed by atoms with Crippen molar-refractivity contribution in [1.29, 1.82) is 0 Å². The number of methoxy groups -OCH3 is 1. The third-order valence-electron chi connectivity index (χ3n) is 3.36. The number of amides is 1. The van der Waals surface area contributed by atoms with Gasteiger partial charge >= 0.3 is 0 Å². The number of carbonyl (C=O) groups is 1. The van der Waals surface area contributed by atoms with E-state index in [-0.39, 0.29) is 5.91 Å². The lowest BCUT2D eigenvalue weighted by molar-refractivity contribution is -0.122. The molecule has 2 N–H and O–H groups in total. The van der Waals surface area contributed by atoms with Gasteiger partial charge in [0.25, 0.3) is 0 Å². The van der Waals surface area contributed by atoms with E-state index in [9.17, 15) is 4.79 Å². The van der Waals surface area contributed by atoms with Crippen LogP contribution in [-0.2, 0) is 9.53 Å². The van der Waals surface area contributed by atoms with Gasteiger partial charge in [-0.25, -0.2) is 0 Å². The van der Waals surface area contributed by atoms with Crippen LogP contribution in [0.3, 0.4) is 0 Å². The van der Waals surface area contributed by atoms with Crippen molar-refractivity contribution in [2.45, 2.75) is 19.4 Å². The molecule has 0 aromatic rings. The molecule has 17 heavy (non-hydrogen) atoms. The van der Waals surface area contributed by atoms with Crippen LogP contribution in [0.15, 0.2) is 0 Å². The first-order chi connectivity index (χ1) is 8.17. The maximum Gasteiger partial charge on any atom is 0.234 e. The number of hydrogen-bond donors (Lipinski definition) is 2. The van der Waals surface area contributed by atoms with E-state index in [2.05, 4.69) is 22.5 Å². The van der Waals surface area contributed by atoms with E-state index in [4.69, 9.17) is 4.74 Å². The number of ether oxygens (including phenoxy) is 1. The molecule has 0 spiro atoms. The van der Waals surface area contributed by atoms with Crippen LogP contribution in [0, 0.1) is 5.92 Å². The van der Waals surface area contributed by atoms with Gasteiger partial charge in [-0.05, 0) is 19.4 Å². The summed E-state index contributed by atoms with van der Waals surface area (Å²) in [6, 6.07) is 0.586. The lowest BCUT2D eigenvalue weighted by Gasteiger charge is -2.36. The van der Waals surface area contributed by atoms with Crippen molar-refractivity contribution in [1.82, 2.24) is 15.5 Å². The molecule has 2 atom stereocenters. The van der Waals surface area contributed by atoms with E-state index >= 15 is 0 Å². The first-order valence-electron chi connectivity index (χ1n) is 6.32. The molecule has 0 radical (unpaired) electrons. The molecule has 0 saturated carbocycles. The molecule has 5 heteroatoms. The van der Waals surface area contributed by atoms with Crippen LogP contribution in [0.2, 0.25) is 0 Å². The molecule has 1 heterocycles. The average Bonchev–Trinajstić information content (AvgIpc) is 2.29. The molecule has 5 nitrogen and oxygen atoms in total. The minimum absolute atomic E-state index is 0.0946. The van der Waals surface area contributed by atoms with E-state index in [0.29, 0.717) is 31.7 Å². The molecule has 0 bridgehead atoms. The molecule has 0 aliphatic carbocycles. The maximum atomic E-state index is 11.6. The van der Waals surface area contributed by atoms with E-state index in [1.807, 2.05) is 7.05 Å². The largest absolute Gasteiger partial charge is 0.383 e. The summed E-state index contributed by atoms with van der Waals surface area (Å²) in [6.45, 7) is 5.89. The molecule has 1 rings (SSSR count). The van der Waals surface area contributed by atoms with Crippen molar-refractivity contribution in [3.63, 3.8) is 0 Å². The van der Waals surface area contributed by atoms with Crippen molar-refractivity contribution >= 4 is 5.91 Å². The van der Waals surface area contributed by atoms with Crippen molar-refractivity contribution in [3.8, 4) is 0 Å². The smallest absolute Gasteiger partial charge is 0.234 e. The number of piperidine rings is 1. The molecule has 2 unspecified atom stereocenters. The minimum atomic E-state index is 0.0946. The standard InChI is InChI=1S/C12H25N3O2/c1-10-8-15(6-4-11(10)13-2)9-12(16)14-5-7-17-3/h10-11,13H,4-9H2,1-3H3,(H,14,16). The lowest BCUT2D eigenvalue weighted by Crippen LogP contribution is -2.50. The SMILES string of the molecule is CNC1CCN(CC(=O)NCCOC)CC1C. The van der Waals surface area contributed by atoms with Crippen LogP contribution in [0.25, 0.3) is 0 Å². The zero-order valence-electron chi connectivity index (χ0n) is 11.2. The molecular weight excluding hydrogens is 218 g/mol. The van der Waals surface area contributed by atoms with Gasteiger partial charge in [0, 0.05) is 32.8 Å². The van der Waals surface area contributed by atoms with E-state index in [1.165, 1.54) is 0 Å². The van der Waals surface area contributed by atoms with Gasteiger partial charge in [0.2, 0.25) is 5.91 Å². The Morgan fingerprint density at radius 3 is 2.88 bits per heavy atom. The van der Waals surface area contributed by atoms with Crippen LogP contribution in [0.4, 0.5) is 0 Å². The van der Waals surface area contributed by atoms with E-state index in [1.54, 1.807) is 7.11 Å². The van der Waals surface area contributed by atoms with Crippen LogP contribution in [0.5, 0.6) is 0 Å². The van der Waals surface area contributed by atoms with Gasteiger partial charge in [-0.15, -0.1) is 0 Å². The number of carbonyl (C=O) groups excluding carboxylic acids is 1. The summed E-state index contributed by atoms with van der Waals surface area (Å²) in [4.78, 5) is 13.8. The molecule has 1 aliphatic rings. The van der Waals surface area contributed by atoms with Crippen LogP contribution in [-0.4, -0.2) is 63.8 Å². The quantitative estimate of drug-likeness (QED) is 0.628. The highest BCUT2D eigenvalue weighted by molar-refractivity contribution is 5.77. The zero-order valence-corrected chi connectivity index (χ0v) is 11.2. The number of hydrogen-bond acceptors (Lipinski definition) is 4. The Kier molecular flexibility index (Phi) is 6.47. The van der Waals surface area contributed by atoms with Gasteiger partial charge in [-0.2, -0.15) is 0 Å². The van der Waals surface area contributed by atoms with Gasteiger partial charge in [-0.1, -0.05) is 6.92 Å². The number of likely N-dealkylation sites (tertiary alicyclic amines) is 1. The molecule has 1 saturated heterocycles. The van der Waals surface area contributed by atoms with Crippen LogP contribution < -0.4 is 10.6 Å². The maximum absolute atomic E-state index is 11.6. The van der Waals surface area contributed by atoms with E-state index < -0.39 is 0 Å². The monoisotopic (exact) mass is 243 g/mol.